The van der Waals surface area contributed by atoms with Crippen LogP contribution in [0.5, 0.6) is 0 Å². The Hall–Kier alpha value is -0.940. The zero-order valence-electron chi connectivity index (χ0n) is 11.4. The second-order valence-electron chi connectivity index (χ2n) is 4.98. The third-order valence-corrected chi connectivity index (χ3v) is 3.55. The first-order valence-electron chi connectivity index (χ1n) is 6.97. The maximum atomic E-state index is 5.82. The molecule has 18 heavy (non-hydrogen) atoms. The average Bonchev–Trinajstić information content (AvgIpc) is 2.77. The van der Waals surface area contributed by atoms with Gasteiger partial charge in [0.05, 0.1) is 6.10 Å². The summed E-state index contributed by atoms with van der Waals surface area (Å²) in [5.74, 6) is 1.04. The fraction of sp³-hybridized carbons (Fsp3) is 0.846. The van der Waals surface area contributed by atoms with Gasteiger partial charge in [0.2, 0.25) is 0 Å². The molecule has 0 amide bonds. The second-order valence-corrected chi connectivity index (χ2v) is 4.98. The molecule has 1 aromatic heterocycles. The monoisotopic (exact) mass is 252 g/mol. The van der Waals surface area contributed by atoms with Crippen LogP contribution in [0.2, 0.25) is 0 Å². The first kappa shape index (κ1) is 13.5. The van der Waals surface area contributed by atoms with Crippen molar-refractivity contribution in [3.05, 3.63) is 12.2 Å². The van der Waals surface area contributed by atoms with Crippen molar-refractivity contribution in [2.45, 2.75) is 51.2 Å². The minimum absolute atomic E-state index is 0.413. The smallest absolute Gasteiger partial charge is 0.138 e. The number of nitrogens with zero attached hydrogens (tertiary/aromatic N) is 3. The minimum atomic E-state index is 0.413. The number of aryl methyl sites for hydroxylation is 1. The van der Waals surface area contributed by atoms with Gasteiger partial charge in [-0.05, 0) is 32.2 Å². The van der Waals surface area contributed by atoms with E-state index in [9.17, 15) is 0 Å². The van der Waals surface area contributed by atoms with Gasteiger partial charge < -0.3 is 10.1 Å². The summed E-state index contributed by atoms with van der Waals surface area (Å²) in [6.45, 7) is 4.05. The van der Waals surface area contributed by atoms with Crippen molar-refractivity contribution < 1.29 is 4.74 Å². The van der Waals surface area contributed by atoms with Crippen LogP contribution in [0.3, 0.4) is 0 Å². The number of ether oxygens (including phenoxy) is 1. The molecular weight excluding hydrogens is 228 g/mol. The maximum absolute atomic E-state index is 5.82. The highest BCUT2D eigenvalue weighted by Gasteiger charge is 2.20. The highest BCUT2D eigenvalue weighted by molar-refractivity contribution is 4.90. The summed E-state index contributed by atoms with van der Waals surface area (Å²) in [6.07, 6.45) is 7.73. The molecule has 5 nitrogen and oxygen atoms in total. The van der Waals surface area contributed by atoms with Crippen molar-refractivity contribution in [3.8, 4) is 0 Å². The number of hydrogen-bond donors (Lipinski definition) is 1. The Bertz CT molecular complexity index is 347. The lowest BCUT2D eigenvalue weighted by atomic mass is 9.99. The SMILES string of the molecule is CCNC(Cc1ncnn1C)CC1CCCCO1. The molecule has 0 saturated carbocycles. The fourth-order valence-electron chi connectivity index (χ4n) is 2.56. The van der Waals surface area contributed by atoms with Gasteiger partial charge >= 0.3 is 0 Å². The molecule has 1 aromatic rings. The predicted molar refractivity (Wildman–Crippen MR) is 70.4 cm³/mol. The summed E-state index contributed by atoms with van der Waals surface area (Å²) in [4.78, 5) is 4.30. The van der Waals surface area contributed by atoms with Gasteiger partial charge in [0.25, 0.3) is 0 Å². The summed E-state index contributed by atoms with van der Waals surface area (Å²) in [6, 6.07) is 0.431. The topological polar surface area (TPSA) is 52.0 Å². The molecule has 2 heterocycles. The molecule has 1 aliphatic heterocycles. The van der Waals surface area contributed by atoms with Gasteiger partial charge in [-0.25, -0.2) is 4.98 Å². The Morgan fingerprint density at radius 3 is 3.06 bits per heavy atom. The van der Waals surface area contributed by atoms with Crippen LogP contribution in [0.4, 0.5) is 0 Å². The van der Waals surface area contributed by atoms with Crippen LogP contribution in [-0.2, 0) is 18.2 Å². The Morgan fingerprint density at radius 2 is 2.44 bits per heavy atom. The van der Waals surface area contributed by atoms with E-state index in [1.807, 2.05) is 11.7 Å². The lowest BCUT2D eigenvalue weighted by molar-refractivity contribution is 0.00520. The Kier molecular flexibility index (Phi) is 5.13. The molecule has 2 atom stereocenters. The molecule has 0 spiro atoms. The molecule has 1 aliphatic rings. The molecule has 1 fully saturated rings. The van der Waals surface area contributed by atoms with Crippen molar-refractivity contribution >= 4 is 0 Å². The van der Waals surface area contributed by atoms with Crippen molar-refractivity contribution in [3.63, 3.8) is 0 Å². The summed E-state index contributed by atoms with van der Waals surface area (Å²) < 4.78 is 7.67. The molecule has 0 aliphatic carbocycles. The van der Waals surface area contributed by atoms with E-state index in [-0.39, 0.29) is 0 Å². The number of rotatable bonds is 6. The summed E-state index contributed by atoms with van der Waals surface area (Å²) in [7, 11) is 1.95. The number of nitrogens with one attached hydrogen (secondary N) is 1. The number of aromatic nitrogens is 3. The third-order valence-electron chi connectivity index (χ3n) is 3.55. The molecule has 1 saturated heterocycles. The summed E-state index contributed by atoms with van der Waals surface area (Å²) >= 11 is 0. The minimum Gasteiger partial charge on any atom is -0.378 e. The van der Waals surface area contributed by atoms with Gasteiger partial charge in [0.1, 0.15) is 12.2 Å². The first-order chi connectivity index (χ1) is 8.79. The van der Waals surface area contributed by atoms with Crippen LogP contribution in [0, 0.1) is 0 Å². The Balaban J connectivity index is 1.88. The van der Waals surface area contributed by atoms with Gasteiger partial charge in [0.15, 0.2) is 0 Å². The quantitative estimate of drug-likeness (QED) is 0.829. The van der Waals surface area contributed by atoms with Gasteiger partial charge in [0, 0.05) is 26.1 Å². The lowest BCUT2D eigenvalue weighted by Gasteiger charge is -2.27. The average molecular weight is 252 g/mol. The normalized spacial score (nSPS) is 22.0. The van der Waals surface area contributed by atoms with Crippen LogP contribution in [-0.4, -0.2) is 40.1 Å². The van der Waals surface area contributed by atoms with Crippen LogP contribution in [0.1, 0.15) is 38.4 Å². The molecule has 5 heteroatoms. The summed E-state index contributed by atoms with van der Waals surface area (Å²) in [5.41, 5.74) is 0. The Morgan fingerprint density at radius 1 is 1.56 bits per heavy atom. The zero-order valence-corrected chi connectivity index (χ0v) is 11.4. The van der Waals surface area contributed by atoms with Crippen molar-refractivity contribution in [2.24, 2.45) is 7.05 Å². The highest BCUT2D eigenvalue weighted by Crippen LogP contribution is 2.18. The second kappa shape index (κ2) is 6.85. The fourth-order valence-corrected chi connectivity index (χ4v) is 2.56. The van der Waals surface area contributed by atoms with Crippen molar-refractivity contribution in [2.75, 3.05) is 13.2 Å². The number of likely N-dealkylation sites (N-methyl/N-ethyl adjacent to an activating group) is 1. The predicted octanol–water partition coefficient (Wildman–Crippen LogP) is 1.29. The molecule has 1 N–H and O–H groups in total. The maximum Gasteiger partial charge on any atom is 0.138 e. The zero-order chi connectivity index (χ0) is 12.8. The van der Waals surface area contributed by atoms with E-state index in [1.54, 1.807) is 6.33 Å². The molecule has 2 rings (SSSR count). The van der Waals surface area contributed by atoms with Crippen LogP contribution in [0.15, 0.2) is 6.33 Å². The Labute approximate surface area is 109 Å². The summed E-state index contributed by atoms with van der Waals surface area (Å²) in [5, 5.41) is 7.66. The standard InChI is InChI=1S/C13H24N4O/c1-3-14-11(8-12-6-4-5-7-18-12)9-13-15-10-16-17(13)2/h10-12,14H,3-9H2,1-2H3. The van der Waals surface area contributed by atoms with Gasteiger partial charge in [-0.3, -0.25) is 4.68 Å². The molecule has 2 unspecified atom stereocenters. The number of hydrogen-bond acceptors (Lipinski definition) is 4. The van der Waals surface area contributed by atoms with E-state index in [4.69, 9.17) is 4.74 Å². The molecule has 0 aromatic carbocycles. The van der Waals surface area contributed by atoms with Crippen LogP contribution in [0.25, 0.3) is 0 Å². The van der Waals surface area contributed by atoms with E-state index in [0.29, 0.717) is 12.1 Å². The highest BCUT2D eigenvalue weighted by atomic mass is 16.5. The van der Waals surface area contributed by atoms with E-state index >= 15 is 0 Å². The van der Waals surface area contributed by atoms with E-state index in [0.717, 1.165) is 31.8 Å². The van der Waals surface area contributed by atoms with Crippen molar-refractivity contribution in [1.29, 1.82) is 0 Å². The third kappa shape index (κ3) is 3.78. The largest absolute Gasteiger partial charge is 0.378 e. The van der Waals surface area contributed by atoms with Gasteiger partial charge in [-0.2, -0.15) is 5.10 Å². The molecule has 0 bridgehead atoms. The lowest BCUT2D eigenvalue weighted by Crippen LogP contribution is -2.37. The van der Waals surface area contributed by atoms with Crippen molar-refractivity contribution in [1.82, 2.24) is 20.1 Å². The van der Waals surface area contributed by atoms with E-state index in [1.165, 1.54) is 19.3 Å². The molecule has 102 valence electrons. The van der Waals surface area contributed by atoms with Gasteiger partial charge in [-0.1, -0.05) is 6.92 Å². The molecular formula is C13H24N4O. The van der Waals surface area contributed by atoms with Crippen LogP contribution >= 0.6 is 0 Å². The van der Waals surface area contributed by atoms with Crippen LogP contribution < -0.4 is 5.32 Å². The van der Waals surface area contributed by atoms with E-state index < -0.39 is 0 Å². The van der Waals surface area contributed by atoms with Gasteiger partial charge in [-0.15, -0.1) is 0 Å². The first-order valence-corrected chi connectivity index (χ1v) is 6.97. The van der Waals surface area contributed by atoms with E-state index in [2.05, 4.69) is 22.3 Å². The molecule has 0 radical (unpaired) electrons.